The van der Waals surface area contributed by atoms with Crippen LogP contribution in [0.25, 0.3) is 11.1 Å². The molecule has 7 heteroatoms. The van der Waals surface area contributed by atoms with Gasteiger partial charge in [-0.1, -0.05) is 6.07 Å². The number of fused-ring (bicyclic) bond motifs is 1. The molecule has 1 aliphatic heterocycles. The molecule has 0 spiro atoms. The summed E-state index contributed by atoms with van der Waals surface area (Å²) in [5, 5.41) is 11.2. The fourth-order valence-corrected chi connectivity index (χ4v) is 2.59. The van der Waals surface area contributed by atoms with Crippen molar-refractivity contribution in [1.82, 2.24) is 9.88 Å². The molecule has 2 amide bonds. The van der Waals surface area contributed by atoms with Gasteiger partial charge in [-0.2, -0.15) is 0 Å². The van der Waals surface area contributed by atoms with Gasteiger partial charge in [0.2, 0.25) is 11.8 Å². The van der Waals surface area contributed by atoms with Gasteiger partial charge < -0.3 is 9.52 Å². The fourth-order valence-electron chi connectivity index (χ4n) is 2.59. The first kappa shape index (κ1) is 13.6. The number of benzene rings is 1. The second kappa shape index (κ2) is 5.17. The number of hydrogen-bond donors (Lipinski definition) is 2. The molecule has 110 valence electrons. The molecule has 1 atom stereocenters. The van der Waals surface area contributed by atoms with Gasteiger partial charge in [0.1, 0.15) is 6.04 Å². The van der Waals surface area contributed by atoms with Crippen LogP contribution >= 0.6 is 0 Å². The minimum absolute atomic E-state index is 0.00356. The fraction of sp³-hybridized carbons (Fsp3) is 0.357. The number of hydrogen-bond acceptors (Lipinski definition) is 5. The molecule has 1 aliphatic rings. The Bertz CT molecular complexity index is 773. The van der Waals surface area contributed by atoms with Crippen molar-refractivity contribution in [3.05, 3.63) is 34.3 Å². The molecule has 3 rings (SSSR count). The van der Waals surface area contributed by atoms with E-state index in [0.717, 1.165) is 5.56 Å². The summed E-state index contributed by atoms with van der Waals surface area (Å²) in [6.45, 7) is 0.00356. The number of oxazole rings is 1. The van der Waals surface area contributed by atoms with Gasteiger partial charge >= 0.3 is 5.76 Å². The van der Waals surface area contributed by atoms with Crippen LogP contribution in [0.1, 0.15) is 24.4 Å². The van der Waals surface area contributed by atoms with Crippen LogP contribution < -0.4 is 11.1 Å². The number of rotatable bonds is 3. The zero-order valence-electron chi connectivity index (χ0n) is 11.2. The summed E-state index contributed by atoms with van der Waals surface area (Å²) in [7, 11) is 0. The second-order valence-electron chi connectivity index (χ2n) is 4.98. The largest absolute Gasteiger partial charge is 0.420 e. The third-order valence-electron chi connectivity index (χ3n) is 3.60. The Labute approximate surface area is 119 Å². The lowest BCUT2D eigenvalue weighted by molar-refractivity contribution is -0.135. The van der Waals surface area contributed by atoms with E-state index in [-0.39, 0.29) is 25.4 Å². The van der Waals surface area contributed by atoms with E-state index >= 15 is 0 Å². The Morgan fingerprint density at radius 1 is 1.33 bits per heavy atom. The lowest BCUT2D eigenvalue weighted by Gasteiger charge is -2.21. The van der Waals surface area contributed by atoms with E-state index < -0.39 is 17.7 Å². The molecule has 0 aliphatic carbocycles. The van der Waals surface area contributed by atoms with E-state index in [9.17, 15) is 14.4 Å². The molecule has 2 aromatic rings. The summed E-state index contributed by atoms with van der Waals surface area (Å²) in [5.41, 5.74) is 1.72. The van der Waals surface area contributed by atoms with E-state index in [2.05, 4.69) is 5.32 Å². The van der Waals surface area contributed by atoms with Crippen molar-refractivity contribution < 1.29 is 19.1 Å². The molecule has 2 heterocycles. The van der Waals surface area contributed by atoms with Crippen LogP contribution in [0.3, 0.4) is 0 Å². The molecule has 0 saturated carbocycles. The van der Waals surface area contributed by atoms with Gasteiger partial charge in [-0.3, -0.25) is 19.5 Å². The van der Waals surface area contributed by atoms with Gasteiger partial charge in [-0.05, 0) is 30.5 Å². The number of aliphatic hydroxyl groups is 1. The molecule has 1 fully saturated rings. The van der Waals surface area contributed by atoms with Crippen molar-refractivity contribution in [2.45, 2.75) is 25.3 Å². The third kappa shape index (κ3) is 2.36. The highest BCUT2D eigenvalue weighted by atomic mass is 16.4. The average Bonchev–Trinajstić information content (AvgIpc) is 2.75. The smallest absolute Gasteiger partial charge is 0.408 e. The lowest BCUT2D eigenvalue weighted by atomic mass is 10.1. The zero-order chi connectivity index (χ0) is 15.0. The summed E-state index contributed by atoms with van der Waals surface area (Å²) < 4.78 is 6.45. The summed E-state index contributed by atoms with van der Waals surface area (Å²) in [5.74, 6) is -1.45. The summed E-state index contributed by atoms with van der Waals surface area (Å²) in [6, 6.07) is 4.40. The van der Waals surface area contributed by atoms with E-state index in [4.69, 9.17) is 9.52 Å². The minimum atomic E-state index is -0.736. The third-order valence-corrected chi connectivity index (χ3v) is 3.60. The van der Waals surface area contributed by atoms with Crippen molar-refractivity contribution in [3.63, 3.8) is 0 Å². The Morgan fingerprint density at radius 2 is 2.14 bits per heavy atom. The number of nitrogens with one attached hydrogen (secondary N) is 1. The minimum Gasteiger partial charge on any atom is -0.408 e. The number of piperidine rings is 1. The Kier molecular flexibility index (Phi) is 3.34. The van der Waals surface area contributed by atoms with E-state index in [1.807, 2.05) is 0 Å². The number of aromatic nitrogens is 1. The van der Waals surface area contributed by atoms with Crippen molar-refractivity contribution in [2.24, 2.45) is 0 Å². The van der Waals surface area contributed by atoms with Crippen LogP contribution in [-0.4, -0.2) is 28.1 Å². The first-order valence-electron chi connectivity index (χ1n) is 6.68. The van der Waals surface area contributed by atoms with Crippen molar-refractivity contribution >= 4 is 22.9 Å². The molecule has 1 aromatic heterocycles. The predicted molar refractivity (Wildman–Crippen MR) is 72.7 cm³/mol. The molecule has 1 aromatic carbocycles. The number of carbonyl (C=O) groups is 2. The van der Waals surface area contributed by atoms with Crippen LogP contribution in [-0.2, 0) is 16.0 Å². The van der Waals surface area contributed by atoms with Crippen LogP contribution in [0.15, 0.2) is 27.4 Å². The van der Waals surface area contributed by atoms with Gasteiger partial charge in [0.05, 0.1) is 5.52 Å². The number of aliphatic hydroxyl groups excluding tert-OH is 1. The molecule has 0 bridgehead atoms. The Balaban J connectivity index is 2.06. The van der Waals surface area contributed by atoms with Crippen molar-refractivity contribution in [3.8, 4) is 0 Å². The number of carbonyl (C=O) groups excluding carboxylic acids is 2. The van der Waals surface area contributed by atoms with Gasteiger partial charge in [0, 0.05) is 13.0 Å². The second-order valence-corrected chi connectivity index (χ2v) is 4.98. The topological polar surface area (TPSA) is 102 Å². The number of nitrogens with zero attached hydrogens (tertiary/aromatic N) is 1. The molecule has 1 saturated heterocycles. The normalized spacial score (nSPS) is 19.0. The molecular formula is C14H14N2O5. The van der Waals surface area contributed by atoms with Crippen LogP contribution in [0.2, 0.25) is 0 Å². The molecule has 0 radical (unpaired) electrons. The molecule has 21 heavy (non-hydrogen) atoms. The van der Waals surface area contributed by atoms with Crippen LogP contribution in [0, 0.1) is 0 Å². The highest BCUT2D eigenvalue weighted by Crippen LogP contribution is 2.23. The van der Waals surface area contributed by atoms with Crippen LogP contribution in [0.4, 0.5) is 0 Å². The predicted octanol–water partition coefficient (Wildman–Crippen LogP) is 0.107. The van der Waals surface area contributed by atoms with Gasteiger partial charge in [-0.15, -0.1) is 0 Å². The van der Waals surface area contributed by atoms with E-state index in [0.29, 0.717) is 17.5 Å². The standard InChI is InChI=1S/C14H14N2O5/c17-6-5-8-1-2-9-11(7-8)21-14(20)16(9)10-3-4-12(18)15-13(10)19/h1-2,7,10,17H,3-6H2,(H,15,18,19). The summed E-state index contributed by atoms with van der Waals surface area (Å²) >= 11 is 0. The van der Waals surface area contributed by atoms with Crippen LogP contribution in [0.5, 0.6) is 0 Å². The maximum atomic E-state index is 12.0. The summed E-state index contributed by atoms with van der Waals surface area (Å²) in [6.07, 6.45) is 0.930. The summed E-state index contributed by atoms with van der Waals surface area (Å²) in [4.78, 5) is 35.1. The average molecular weight is 290 g/mol. The number of imide groups is 1. The van der Waals surface area contributed by atoms with Gasteiger partial charge in [0.25, 0.3) is 0 Å². The number of amides is 2. The monoisotopic (exact) mass is 290 g/mol. The Hall–Kier alpha value is -2.41. The molecule has 2 N–H and O–H groups in total. The maximum Gasteiger partial charge on any atom is 0.420 e. The van der Waals surface area contributed by atoms with E-state index in [1.54, 1.807) is 18.2 Å². The van der Waals surface area contributed by atoms with Crippen molar-refractivity contribution in [2.75, 3.05) is 6.61 Å². The highest BCUT2D eigenvalue weighted by Gasteiger charge is 2.31. The molecule has 1 unspecified atom stereocenters. The van der Waals surface area contributed by atoms with Gasteiger partial charge in [0.15, 0.2) is 5.58 Å². The first-order chi connectivity index (χ1) is 10.1. The Morgan fingerprint density at radius 3 is 2.86 bits per heavy atom. The van der Waals surface area contributed by atoms with Gasteiger partial charge in [-0.25, -0.2) is 4.79 Å². The van der Waals surface area contributed by atoms with Crippen molar-refractivity contribution in [1.29, 1.82) is 0 Å². The molecular weight excluding hydrogens is 276 g/mol. The highest BCUT2D eigenvalue weighted by molar-refractivity contribution is 6.00. The molecule has 7 nitrogen and oxygen atoms in total. The SMILES string of the molecule is O=C1CCC(n2c(=O)oc3cc(CCO)ccc32)C(=O)N1. The lowest BCUT2D eigenvalue weighted by Crippen LogP contribution is -2.43. The first-order valence-corrected chi connectivity index (χ1v) is 6.68. The quantitative estimate of drug-likeness (QED) is 0.781. The maximum absolute atomic E-state index is 12.0. The zero-order valence-corrected chi connectivity index (χ0v) is 11.2. The van der Waals surface area contributed by atoms with E-state index in [1.165, 1.54) is 4.57 Å².